The second kappa shape index (κ2) is 12.7. The van der Waals surface area contributed by atoms with E-state index in [1.165, 1.54) is 0 Å². The summed E-state index contributed by atoms with van der Waals surface area (Å²) in [6, 6.07) is 16.4. The number of nitrogens with one attached hydrogen (secondary N) is 2. The normalized spacial score (nSPS) is 14.5. The smallest absolute Gasteiger partial charge is 0.313 e. The molecule has 1 saturated carbocycles. The Morgan fingerprint density at radius 3 is 2.55 bits per heavy atom. The minimum atomic E-state index is -0.454. The predicted octanol–water partition coefficient (Wildman–Crippen LogP) is 5.60. The third-order valence-electron chi connectivity index (χ3n) is 7.82. The molecule has 0 saturated heterocycles. The monoisotopic (exact) mass is 561 g/mol. The first-order chi connectivity index (χ1) is 19.5. The molecule has 1 aliphatic rings. The molecule has 1 aliphatic carbocycles. The number of halogens is 1. The maximum absolute atomic E-state index is 13.2. The molecule has 5 rings (SSSR count). The van der Waals surface area contributed by atoms with E-state index in [9.17, 15) is 4.79 Å². The Hall–Kier alpha value is -3.56. The first-order valence-corrected chi connectivity index (χ1v) is 14.4. The molecule has 2 aromatic heterocycles. The highest BCUT2D eigenvalue weighted by Crippen LogP contribution is 2.39. The molecule has 0 bridgehead atoms. The van der Waals surface area contributed by atoms with E-state index in [0.29, 0.717) is 24.1 Å². The fourth-order valence-electron chi connectivity index (χ4n) is 5.66. The van der Waals surface area contributed by atoms with E-state index in [4.69, 9.17) is 16.3 Å². The number of carbonyl (C=O) groups is 1. The van der Waals surface area contributed by atoms with E-state index in [1.54, 1.807) is 0 Å². The molecule has 40 heavy (non-hydrogen) atoms. The third kappa shape index (κ3) is 5.95. The molecule has 1 fully saturated rings. The van der Waals surface area contributed by atoms with Crippen LogP contribution in [-0.2, 0) is 29.1 Å². The SMILES string of the molecule is CCCCc1nc(Cl)c(COC(=O)C2(CNC)CCCC2)n1Cc1ccc(-c2ccccc2-c2nn[nH]n2)cc1. The summed E-state index contributed by atoms with van der Waals surface area (Å²) in [5, 5.41) is 18.1. The molecule has 0 atom stereocenters. The van der Waals surface area contributed by atoms with Crippen molar-refractivity contribution in [1.29, 1.82) is 0 Å². The van der Waals surface area contributed by atoms with Crippen molar-refractivity contribution in [2.24, 2.45) is 5.41 Å². The van der Waals surface area contributed by atoms with Crippen molar-refractivity contribution in [3.05, 3.63) is 70.8 Å². The number of benzene rings is 2. The molecule has 10 heteroatoms. The number of esters is 1. The lowest BCUT2D eigenvalue weighted by atomic mass is 9.86. The van der Waals surface area contributed by atoms with Crippen LogP contribution in [0.4, 0.5) is 0 Å². The summed E-state index contributed by atoms with van der Waals surface area (Å²) in [6.45, 7) is 3.48. The average Bonchev–Trinajstić information content (AvgIpc) is 3.74. The topological polar surface area (TPSA) is 111 Å². The largest absolute Gasteiger partial charge is 0.459 e. The molecule has 9 nitrogen and oxygen atoms in total. The summed E-state index contributed by atoms with van der Waals surface area (Å²) in [5.74, 6) is 1.32. The van der Waals surface area contributed by atoms with Crippen molar-refractivity contribution in [3.63, 3.8) is 0 Å². The van der Waals surface area contributed by atoms with Crippen LogP contribution in [0.25, 0.3) is 22.5 Å². The number of H-pyrrole nitrogens is 1. The Labute approximate surface area is 239 Å². The van der Waals surface area contributed by atoms with Crippen LogP contribution in [0.1, 0.15) is 62.5 Å². The number of ether oxygens (including phenoxy) is 1. The first-order valence-electron chi connectivity index (χ1n) is 14.0. The van der Waals surface area contributed by atoms with Gasteiger partial charge in [-0.25, -0.2) is 4.98 Å². The average molecular weight is 562 g/mol. The van der Waals surface area contributed by atoms with E-state index in [2.05, 4.69) is 72.7 Å². The number of rotatable bonds is 12. The minimum absolute atomic E-state index is 0.110. The fourth-order valence-corrected chi connectivity index (χ4v) is 5.92. The van der Waals surface area contributed by atoms with Gasteiger partial charge in [-0.2, -0.15) is 5.21 Å². The molecule has 0 unspecified atom stereocenters. The van der Waals surface area contributed by atoms with Crippen molar-refractivity contribution < 1.29 is 9.53 Å². The number of nitrogens with zero attached hydrogens (tertiary/aromatic N) is 5. The number of aromatic nitrogens is 6. The summed E-state index contributed by atoms with van der Waals surface area (Å²) >= 11 is 6.65. The van der Waals surface area contributed by atoms with Gasteiger partial charge in [0.05, 0.1) is 11.1 Å². The lowest BCUT2D eigenvalue weighted by Crippen LogP contribution is -2.39. The Balaban J connectivity index is 1.38. The molecule has 0 spiro atoms. The number of imidazole rings is 1. The quantitative estimate of drug-likeness (QED) is 0.217. The second-order valence-corrected chi connectivity index (χ2v) is 10.9. The van der Waals surface area contributed by atoms with E-state index in [0.717, 1.165) is 78.7 Å². The molecule has 210 valence electrons. The number of unbranched alkanes of at least 4 members (excludes halogenated alkanes) is 1. The van der Waals surface area contributed by atoms with E-state index < -0.39 is 5.41 Å². The van der Waals surface area contributed by atoms with Crippen molar-refractivity contribution in [2.45, 2.75) is 65.0 Å². The zero-order valence-electron chi connectivity index (χ0n) is 23.1. The van der Waals surface area contributed by atoms with Gasteiger partial charge >= 0.3 is 5.97 Å². The van der Waals surface area contributed by atoms with Gasteiger partial charge in [0.1, 0.15) is 12.4 Å². The molecule has 2 heterocycles. The number of tetrazole rings is 1. The summed E-state index contributed by atoms with van der Waals surface area (Å²) in [7, 11) is 1.88. The van der Waals surface area contributed by atoms with Crippen LogP contribution in [-0.4, -0.2) is 49.7 Å². The van der Waals surface area contributed by atoms with Crippen LogP contribution < -0.4 is 5.32 Å². The van der Waals surface area contributed by atoms with Gasteiger partial charge in [0, 0.05) is 25.1 Å². The van der Waals surface area contributed by atoms with Gasteiger partial charge in [0.2, 0.25) is 5.82 Å². The number of hydrogen-bond donors (Lipinski definition) is 2. The highest BCUT2D eigenvalue weighted by atomic mass is 35.5. The molecule has 0 aliphatic heterocycles. The fraction of sp³-hybridized carbons (Fsp3) is 0.433. The van der Waals surface area contributed by atoms with Crippen molar-refractivity contribution in [1.82, 2.24) is 35.5 Å². The Morgan fingerprint density at radius 1 is 1.12 bits per heavy atom. The van der Waals surface area contributed by atoms with Gasteiger partial charge in [0.15, 0.2) is 5.15 Å². The Bertz CT molecular complexity index is 1410. The van der Waals surface area contributed by atoms with E-state index in [1.807, 2.05) is 25.2 Å². The minimum Gasteiger partial charge on any atom is -0.459 e. The number of carbonyl (C=O) groups excluding carboxylic acids is 1. The lowest BCUT2D eigenvalue weighted by molar-refractivity contribution is -0.157. The summed E-state index contributed by atoms with van der Waals surface area (Å²) in [6.07, 6.45) is 6.66. The first kappa shape index (κ1) is 28.0. The molecule has 4 aromatic rings. The summed E-state index contributed by atoms with van der Waals surface area (Å²) in [5.41, 5.74) is 4.38. The molecule has 2 N–H and O–H groups in total. The van der Waals surface area contributed by atoms with Crippen LogP contribution in [0.3, 0.4) is 0 Å². The van der Waals surface area contributed by atoms with E-state index in [-0.39, 0.29) is 12.6 Å². The predicted molar refractivity (Wildman–Crippen MR) is 155 cm³/mol. The standard InChI is InChI=1S/C30H36ClN7O2/c1-3-4-11-26-33-27(31)25(19-40-29(39)30(20-32-2)16-7-8-17-30)38(26)18-21-12-14-22(15-13-21)23-9-5-6-10-24(23)28-34-36-37-35-28/h5-6,9-10,12-15,32H,3-4,7-8,11,16-20H2,1-2H3,(H,34,35,36,37). The van der Waals surface area contributed by atoms with Gasteiger partial charge in [-0.3, -0.25) is 4.79 Å². The van der Waals surface area contributed by atoms with Crippen molar-refractivity contribution >= 4 is 17.6 Å². The molecule has 0 amide bonds. The maximum atomic E-state index is 13.2. The van der Waals surface area contributed by atoms with Gasteiger partial charge in [0.25, 0.3) is 0 Å². The zero-order valence-corrected chi connectivity index (χ0v) is 23.9. The summed E-state index contributed by atoms with van der Waals surface area (Å²) < 4.78 is 8.04. The molecular formula is C30H36ClN7O2. The Morgan fingerprint density at radius 2 is 1.88 bits per heavy atom. The third-order valence-corrected chi connectivity index (χ3v) is 8.13. The van der Waals surface area contributed by atoms with Crippen LogP contribution in [0.2, 0.25) is 5.15 Å². The highest BCUT2D eigenvalue weighted by molar-refractivity contribution is 6.30. The lowest BCUT2D eigenvalue weighted by Gasteiger charge is -2.26. The highest BCUT2D eigenvalue weighted by Gasteiger charge is 2.42. The van der Waals surface area contributed by atoms with Crippen molar-refractivity contribution in [3.8, 4) is 22.5 Å². The maximum Gasteiger partial charge on any atom is 0.313 e. The van der Waals surface area contributed by atoms with Gasteiger partial charge in [-0.05, 0) is 48.2 Å². The summed E-state index contributed by atoms with van der Waals surface area (Å²) in [4.78, 5) is 17.9. The Kier molecular flexibility index (Phi) is 8.91. The zero-order chi connectivity index (χ0) is 28.0. The van der Waals surface area contributed by atoms with Crippen LogP contribution >= 0.6 is 11.6 Å². The van der Waals surface area contributed by atoms with Crippen molar-refractivity contribution in [2.75, 3.05) is 13.6 Å². The molecule has 0 radical (unpaired) electrons. The number of hydrogen-bond acceptors (Lipinski definition) is 7. The van der Waals surface area contributed by atoms with E-state index >= 15 is 0 Å². The van der Waals surface area contributed by atoms with Crippen LogP contribution in [0, 0.1) is 5.41 Å². The number of aromatic amines is 1. The van der Waals surface area contributed by atoms with Gasteiger partial charge < -0.3 is 14.6 Å². The van der Waals surface area contributed by atoms with Crippen LogP contribution in [0.5, 0.6) is 0 Å². The second-order valence-electron chi connectivity index (χ2n) is 10.5. The van der Waals surface area contributed by atoms with Gasteiger partial charge in [-0.15, -0.1) is 10.2 Å². The number of aryl methyl sites for hydroxylation is 1. The molecular weight excluding hydrogens is 526 g/mol. The van der Waals surface area contributed by atoms with Gasteiger partial charge in [-0.1, -0.05) is 86.3 Å². The van der Waals surface area contributed by atoms with Crippen LogP contribution in [0.15, 0.2) is 48.5 Å². The molecule has 2 aromatic carbocycles.